The molecule has 6 heterocycles. The SMILES string of the molecule is Cc1cc(C)c(-c2ccc3c(c2)N(c2ccccc2)c2c4c(cc5c2B2c6c(cccc6N5c5ccccc5)-c5cccc6ccn2c56)-c2cccc5ccn(c25)B34)c(C)c1. The Bertz CT molecular complexity index is 3520. The van der Waals surface area contributed by atoms with Crippen molar-refractivity contribution in [2.45, 2.75) is 20.8 Å². The maximum absolute atomic E-state index is 2.64. The van der Waals surface area contributed by atoms with Gasteiger partial charge in [0.05, 0.1) is 0 Å². The van der Waals surface area contributed by atoms with Crippen molar-refractivity contribution in [3.63, 3.8) is 0 Å². The van der Waals surface area contributed by atoms with Crippen LogP contribution in [0.3, 0.4) is 0 Å². The van der Waals surface area contributed by atoms with Gasteiger partial charge in [0.1, 0.15) is 0 Å². The number of aromatic nitrogens is 2. The first-order valence-electron chi connectivity index (χ1n) is 21.5. The third-order valence-electron chi connectivity index (χ3n) is 14.1. The van der Waals surface area contributed by atoms with Gasteiger partial charge in [-0.3, -0.25) is 0 Å². The normalized spacial score (nSPS) is 13.7. The van der Waals surface area contributed by atoms with E-state index in [1.165, 1.54) is 116 Å². The molecule has 0 saturated carbocycles. The molecule has 0 amide bonds. The van der Waals surface area contributed by atoms with Crippen LogP contribution < -0.4 is 31.7 Å². The lowest BCUT2D eigenvalue weighted by atomic mass is 9.40. The lowest BCUT2D eigenvalue weighted by Gasteiger charge is -2.47. The van der Waals surface area contributed by atoms with Crippen molar-refractivity contribution in [2.75, 3.05) is 9.80 Å². The summed E-state index contributed by atoms with van der Waals surface area (Å²) in [6.07, 6.45) is 4.69. The van der Waals surface area contributed by atoms with E-state index in [9.17, 15) is 0 Å². The average molecular weight is 777 g/mol. The van der Waals surface area contributed by atoms with Gasteiger partial charge in [0, 0.05) is 56.3 Å². The largest absolute Gasteiger partial charge is 0.382 e. The average Bonchev–Trinajstić information content (AvgIpc) is 3.92. The second-order valence-electron chi connectivity index (χ2n) is 17.5. The highest BCUT2D eigenvalue weighted by atomic mass is 15.2. The highest BCUT2D eigenvalue weighted by molar-refractivity contribution is 6.94. The molecule has 2 aromatic heterocycles. The van der Waals surface area contributed by atoms with Crippen LogP contribution in [-0.2, 0) is 0 Å². The van der Waals surface area contributed by atoms with Crippen LogP contribution in [0.25, 0.3) is 55.2 Å². The molecule has 4 aliphatic heterocycles. The molecular weight excluding hydrogens is 738 g/mol. The number of anilines is 6. The molecule has 4 nitrogen and oxygen atoms in total. The fourth-order valence-electron chi connectivity index (χ4n) is 12.0. The molecular formula is C55H38B2N4. The minimum Gasteiger partial charge on any atom is -0.382 e. The predicted octanol–water partition coefficient (Wildman–Crippen LogP) is 11.0. The predicted molar refractivity (Wildman–Crippen MR) is 258 cm³/mol. The van der Waals surface area contributed by atoms with Crippen molar-refractivity contribution >= 4 is 91.5 Å². The van der Waals surface area contributed by atoms with E-state index in [-0.39, 0.29) is 13.7 Å². The van der Waals surface area contributed by atoms with Gasteiger partial charge in [-0.2, -0.15) is 0 Å². The third kappa shape index (κ3) is 4.26. The van der Waals surface area contributed by atoms with E-state index in [1.54, 1.807) is 0 Å². The Morgan fingerprint density at radius 1 is 0.410 bits per heavy atom. The maximum atomic E-state index is 2.64. The summed E-state index contributed by atoms with van der Waals surface area (Å²) >= 11 is 0. The molecule has 0 bridgehead atoms. The Kier molecular flexibility index (Phi) is 6.50. The molecule has 0 fully saturated rings. The van der Waals surface area contributed by atoms with Gasteiger partial charge in [0.2, 0.25) is 0 Å². The van der Waals surface area contributed by atoms with Gasteiger partial charge in [-0.1, -0.05) is 115 Å². The molecule has 0 N–H and O–H groups in total. The van der Waals surface area contributed by atoms with E-state index in [1.807, 2.05) is 0 Å². The van der Waals surface area contributed by atoms with Crippen molar-refractivity contribution in [1.29, 1.82) is 0 Å². The Morgan fingerprint density at radius 2 is 1.02 bits per heavy atom. The minimum absolute atomic E-state index is 0.0331. The molecule has 14 rings (SSSR count). The number of nitrogens with zero attached hydrogens (tertiary/aromatic N) is 4. The highest BCUT2D eigenvalue weighted by Gasteiger charge is 2.50. The number of rotatable bonds is 3. The summed E-state index contributed by atoms with van der Waals surface area (Å²) < 4.78 is 5.17. The van der Waals surface area contributed by atoms with E-state index in [0.717, 1.165) is 11.4 Å². The number of benzene rings is 8. The standard InChI is InChI=1S/C55H38B2N4/c1-33-29-34(2)49(35(3)30-33)38-23-24-45-47(31-38)61(40-17-8-5-9-18-40)55-51-44(43-21-11-14-37-25-27-58(54(37)43)56(45)51)32-48-52(55)57-50-41(42-20-10-13-36-26-28-59(57)53(36)42)19-12-22-46(50)60(48)39-15-6-4-7-16-39/h4-32H,1-3H3. The van der Waals surface area contributed by atoms with Crippen molar-refractivity contribution in [2.24, 2.45) is 0 Å². The molecule has 8 aromatic carbocycles. The quantitative estimate of drug-likeness (QED) is 0.166. The number of fused-ring (bicyclic) bond motifs is 9. The summed E-state index contributed by atoms with van der Waals surface area (Å²) in [4.78, 5) is 5.20. The molecule has 284 valence electrons. The van der Waals surface area contributed by atoms with Crippen LogP contribution in [0.1, 0.15) is 16.7 Å². The summed E-state index contributed by atoms with van der Waals surface area (Å²) in [6, 6.07) is 62.0. The molecule has 6 heteroatoms. The first-order valence-corrected chi connectivity index (χ1v) is 21.5. The van der Waals surface area contributed by atoms with E-state index in [0.29, 0.717) is 0 Å². The molecule has 4 aliphatic rings. The fraction of sp³-hybridized carbons (Fsp3) is 0.0545. The molecule has 0 spiro atoms. The zero-order valence-electron chi connectivity index (χ0n) is 34.2. The second kappa shape index (κ2) is 11.9. The van der Waals surface area contributed by atoms with Crippen LogP contribution >= 0.6 is 0 Å². The smallest absolute Gasteiger partial charge is 0.334 e. The molecule has 0 radical (unpaired) electrons. The van der Waals surface area contributed by atoms with Crippen LogP contribution in [0.15, 0.2) is 176 Å². The molecule has 10 aromatic rings. The van der Waals surface area contributed by atoms with Gasteiger partial charge < -0.3 is 18.8 Å². The number of aryl methyl sites for hydroxylation is 3. The van der Waals surface area contributed by atoms with Crippen molar-refractivity contribution in [3.05, 3.63) is 193 Å². The minimum atomic E-state index is -0.0751. The van der Waals surface area contributed by atoms with E-state index in [4.69, 9.17) is 0 Å². The lowest BCUT2D eigenvalue weighted by molar-refractivity contribution is 1.20. The van der Waals surface area contributed by atoms with E-state index in [2.05, 4.69) is 216 Å². The zero-order valence-corrected chi connectivity index (χ0v) is 34.2. The van der Waals surface area contributed by atoms with Gasteiger partial charge in [0.15, 0.2) is 0 Å². The van der Waals surface area contributed by atoms with Gasteiger partial charge in [-0.15, -0.1) is 0 Å². The summed E-state index contributed by atoms with van der Waals surface area (Å²) in [7, 11) is 0. The topological polar surface area (TPSA) is 16.3 Å². The second-order valence-corrected chi connectivity index (χ2v) is 17.5. The van der Waals surface area contributed by atoms with Gasteiger partial charge in [-0.05, 0) is 154 Å². The first-order chi connectivity index (χ1) is 30.0. The third-order valence-corrected chi connectivity index (χ3v) is 14.1. The molecule has 0 atom stereocenters. The van der Waals surface area contributed by atoms with E-state index >= 15 is 0 Å². The summed E-state index contributed by atoms with van der Waals surface area (Å²) in [5.74, 6) is 0. The Hall–Kier alpha value is -7.43. The molecule has 61 heavy (non-hydrogen) atoms. The van der Waals surface area contributed by atoms with Crippen LogP contribution in [0.5, 0.6) is 0 Å². The van der Waals surface area contributed by atoms with E-state index < -0.39 is 0 Å². The first kappa shape index (κ1) is 33.4. The Balaban J connectivity index is 1.19. The van der Waals surface area contributed by atoms with Gasteiger partial charge >= 0.3 is 13.7 Å². The number of hydrogen-bond acceptors (Lipinski definition) is 2. The zero-order chi connectivity index (χ0) is 40.2. The van der Waals surface area contributed by atoms with Crippen LogP contribution in [0.4, 0.5) is 34.1 Å². The maximum Gasteiger partial charge on any atom is 0.334 e. The van der Waals surface area contributed by atoms with Crippen LogP contribution in [-0.4, -0.2) is 22.7 Å². The van der Waals surface area contributed by atoms with Gasteiger partial charge in [0.25, 0.3) is 0 Å². The van der Waals surface area contributed by atoms with Crippen LogP contribution in [0, 0.1) is 20.8 Å². The Labute approximate surface area is 355 Å². The summed E-state index contributed by atoms with van der Waals surface area (Å²) in [5, 5.41) is 2.54. The molecule has 0 aliphatic carbocycles. The number of hydrogen-bond donors (Lipinski definition) is 0. The monoisotopic (exact) mass is 776 g/mol. The fourth-order valence-corrected chi connectivity index (χ4v) is 12.0. The summed E-state index contributed by atoms with van der Waals surface area (Å²) in [6.45, 7) is 6.63. The lowest BCUT2D eigenvalue weighted by Crippen LogP contribution is -2.63. The number of para-hydroxylation sites is 4. The molecule has 0 unspecified atom stereocenters. The summed E-state index contributed by atoms with van der Waals surface area (Å²) in [5.41, 5.74) is 26.8. The molecule has 0 saturated heterocycles. The van der Waals surface area contributed by atoms with Gasteiger partial charge in [-0.25, -0.2) is 0 Å². The van der Waals surface area contributed by atoms with Crippen molar-refractivity contribution < 1.29 is 0 Å². The Morgan fingerprint density at radius 3 is 1.70 bits per heavy atom. The highest BCUT2D eigenvalue weighted by Crippen LogP contribution is 2.50. The van der Waals surface area contributed by atoms with Crippen LogP contribution in [0.2, 0.25) is 0 Å². The van der Waals surface area contributed by atoms with Crippen molar-refractivity contribution in [3.8, 4) is 33.4 Å². The van der Waals surface area contributed by atoms with Crippen molar-refractivity contribution in [1.82, 2.24) is 8.96 Å².